The van der Waals surface area contributed by atoms with Crippen LogP contribution in [-0.4, -0.2) is 146 Å². The average molecular weight is 652 g/mol. The smallest absolute Gasteiger partial charge is 0.407 e. The maximum atomic E-state index is 13.1. The SMILES string of the molecule is CCC1OC(C2C(C)CC(NC(=O)C(O)CNC(=O)OC(C)(C)C)C(OC3OC(CO)C(O)C(N)C3O)C2O)C(C)C(O)C1O. The largest absolute Gasteiger partial charge is 0.444 e. The van der Waals surface area contributed by atoms with Gasteiger partial charge in [0.05, 0.1) is 49.7 Å². The van der Waals surface area contributed by atoms with Crippen molar-refractivity contribution in [1.82, 2.24) is 10.6 Å². The van der Waals surface area contributed by atoms with Crippen molar-refractivity contribution in [2.75, 3.05) is 13.2 Å². The average Bonchev–Trinajstić information content (AvgIpc) is 2.96. The van der Waals surface area contributed by atoms with Crippen LogP contribution in [0.15, 0.2) is 0 Å². The van der Waals surface area contributed by atoms with Gasteiger partial charge in [-0.15, -0.1) is 0 Å². The first kappa shape index (κ1) is 37.8. The van der Waals surface area contributed by atoms with Crippen LogP contribution in [0.4, 0.5) is 4.79 Å². The highest BCUT2D eigenvalue weighted by molar-refractivity contribution is 5.81. The van der Waals surface area contributed by atoms with Crippen LogP contribution in [0, 0.1) is 17.8 Å². The molecule has 1 aliphatic carbocycles. The van der Waals surface area contributed by atoms with Gasteiger partial charge < -0.3 is 71.1 Å². The van der Waals surface area contributed by atoms with Gasteiger partial charge in [-0.05, 0) is 39.5 Å². The number of hydrogen-bond acceptors (Lipinski definition) is 14. The Labute approximate surface area is 263 Å². The van der Waals surface area contributed by atoms with E-state index in [1.54, 1.807) is 34.6 Å². The number of hydrogen-bond donors (Lipinski definition) is 10. The summed E-state index contributed by atoms with van der Waals surface area (Å²) in [5, 5.41) is 79.4. The molecule has 2 heterocycles. The van der Waals surface area contributed by atoms with E-state index in [1.807, 2.05) is 6.92 Å². The minimum absolute atomic E-state index is 0.174. The molecule has 262 valence electrons. The third-order valence-electron chi connectivity index (χ3n) is 9.01. The van der Waals surface area contributed by atoms with Gasteiger partial charge in [0, 0.05) is 11.8 Å². The van der Waals surface area contributed by atoms with Gasteiger partial charge in [-0.2, -0.15) is 0 Å². The van der Waals surface area contributed by atoms with Crippen LogP contribution in [-0.2, 0) is 23.7 Å². The van der Waals surface area contributed by atoms with Crippen molar-refractivity contribution >= 4 is 12.0 Å². The zero-order valence-corrected chi connectivity index (χ0v) is 26.7. The summed E-state index contributed by atoms with van der Waals surface area (Å²) in [5.74, 6) is -2.54. The molecule has 0 aromatic heterocycles. The molecule has 16 heteroatoms. The maximum Gasteiger partial charge on any atom is 0.407 e. The summed E-state index contributed by atoms with van der Waals surface area (Å²) in [6.07, 6.45) is -14.1. The molecular weight excluding hydrogens is 598 g/mol. The fourth-order valence-corrected chi connectivity index (χ4v) is 6.48. The van der Waals surface area contributed by atoms with E-state index in [0.29, 0.717) is 6.42 Å². The number of nitrogens with one attached hydrogen (secondary N) is 2. The first-order chi connectivity index (χ1) is 20.9. The quantitative estimate of drug-likeness (QED) is 0.120. The second-order valence-electron chi connectivity index (χ2n) is 13.6. The number of ether oxygens (including phenoxy) is 4. The lowest BCUT2D eigenvalue weighted by Crippen LogP contribution is -2.67. The Bertz CT molecular complexity index is 982. The minimum Gasteiger partial charge on any atom is -0.444 e. The number of amides is 2. The third-order valence-corrected chi connectivity index (χ3v) is 9.01. The van der Waals surface area contributed by atoms with E-state index in [2.05, 4.69) is 10.6 Å². The fourth-order valence-electron chi connectivity index (χ4n) is 6.48. The summed E-state index contributed by atoms with van der Waals surface area (Å²) in [5.41, 5.74) is 5.17. The lowest BCUT2D eigenvalue weighted by molar-refractivity contribution is -0.310. The minimum atomic E-state index is -1.70. The van der Waals surface area contributed by atoms with Gasteiger partial charge in [-0.1, -0.05) is 20.8 Å². The van der Waals surface area contributed by atoms with Gasteiger partial charge >= 0.3 is 6.09 Å². The molecule has 0 bridgehead atoms. The van der Waals surface area contributed by atoms with Gasteiger partial charge in [0.1, 0.15) is 42.2 Å². The van der Waals surface area contributed by atoms with E-state index < -0.39 is 122 Å². The summed E-state index contributed by atoms with van der Waals surface area (Å²) >= 11 is 0. The molecule has 0 aromatic rings. The van der Waals surface area contributed by atoms with Crippen LogP contribution in [0.25, 0.3) is 0 Å². The molecule has 0 radical (unpaired) electrons. The number of carbonyl (C=O) groups excluding carboxylic acids is 2. The van der Waals surface area contributed by atoms with Crippen molar-refractivity contribution in [1.29, 1.82) is 0 Å². The second-order valence-corrected chi connectivity index (χ2v) is 13.6. The Morgan fingerprint density at radius 3 is 2.20 bits per heavy atom. The Morgan fingerprint density at radius 1 is 0.978 bits per heavy atom. The predicted octanol–water partition coefficient (Wildman–Crippen LogP) is -2.94. The van der Waals surface area contributed by atoms with Crippen molar-refractivity contribution in [3.8, 4) is 0 Å². The molecule has 3 fully saturated rings. The van der Waals surface area contributed by atoms with Gasteiger partial charge in [-0.3, -0.25) is 4.79 Å². The number of carbonyl (C=O) groups is 2. The molecule has 11 N–H and O–H groups in total. The number of aliphatic hydroxyl groups is 7. The van der Waals surface area contributed by atoms with Crippen LogP contribution >= 0.6 is 0 Å². The molecule has 16 nitrogen and oxygen atoms in total. The van der Waals surface area contributed by atoms with Crippen molar-refractivity contribution < 1.29 is 64.3 Å². The summed E-state index contributed by atoms with van der Waals surface area (Å²) < 4.78 is 23.0. The monoisotopic (exact) mass is 651 g/mol. The Morgan fingerprint density at radius 2 is 1.62 bits per heavy atom. The number of aliphatic hydroxyl groups excluding tert-OH is 7. The number of rotatable bonds is 9. The lowest BCUT2D eigenvalue weighted by atomic mass is 9.67. The molecule has 1 saturated carbocycles. The van der Waals surface area contributed by atoms with Gasteiger partial charge in [0.15, 0.2) is 6.29 Å². The zero-order valence-electron chi connectivity index (χ0n) is 26.7. The molecule has 45 heavy (non-hydrogen) atoms. The maximum absolute atomic E-state index is 13.1. The van der Waals surface area contributed by atoms with Gasteiger partial charge in [0.25, 0.3) is 5.91 Å². The molecule has 16 atom stereocenters. The molecule has 16 unspecified atom stereocenters. The summed E-state index contributed by atoms with van der Waals surface area (Å²) in [4.78, 5) is 25.1. The van der Waals surface area contributed by atoms with Crippen molar-refractivity contribution in [2.45, 2.75) is 139 Å². The first-order valence-electron chi connectivity index (χ1n) is 15.6. The Kier molecular flexibility index (Phi) is 13.0. The predicted molar refractivity (Wildman–Crippen MR) is 156 cm³/mol. The highest BCUT2D eigenvalue weighted by Crippen LogP contribution is 2.42. The molecule has 3 aliphatic rings. The molecule has 2 amide bonds. The normalized spacial score (nSPS) is 43.3. The molecule has 0 spiro atoms. The standard InChI is InChI=1S/C29H53N3O13/c1-7-15-21(37)19(35)12(3)24(42-15)17-11(2)8-13(32-26(40)14(34)9-31-28(41)45-29(4,5)6)25(22(17)38)44-27-23(39)18(30)20(36)16(10-33)43-27/h11-25,27,33-39H,7-10,30H2,1-6H3,(H,31,41)(H,32,40). The van der Waals surface area contributed by atoms with Crippen LogP contribution in [0.3, 0.4) is 0 Å². The molecule has 0 aromatic carbocycles. The summed E-state index contributed by atoms with van der Waals surface area (Å²) in [6.45, 7) is 9.18. The van der Waals surface area contributed by atoms with E-state index in [0.717, 1.165) is 0 Å². The highest BCUT2D eigenvalue weighted by Gasteiger charge is 2.54. The number of nitrogens with two attached hydrogens (primary N) is 1. The van der Waals surface area contributed by atoms with E-state index in [9.17, 15) is 45.3 Å². The van der Waals surface area contributed by atoms with Crippen LogP contribution < -0.4 is 16.4 Å². The van der Waals surface area contributed by atoms with Crippen molar-refractivity contribution in [3.05, 3.63) is 0 Å². The topological polar surface area (TPSA) is 263 Å². The van der Waals surface area contributed by atoms with Crippen LogP contribution in [0.5, 0.6) is 0 Å². The van der Waals surface area contributed by atoms with Crippen LogP contribution in [0.2, 0.25) is 0 Å². The molecule has 3 rings (SSSR count). The Balaban J connectivity index is 1.85. The van der Waals surface area contributed by atoms with E-state index in [4.69, 9.17) is 24.7 Å². The summed E-state index contributed by atoms with van der Waals surface area (Å²) in [6, 6.07) is -2.24. The zero-order chi connectivity index (χ0) is 34.0. The third kappa shape index (κ3) is 8.81. The highest BCUT2D eigenvalue weighted by atomic mass is 16.7. The lowest BCUT2D eigenvalue weighted by Gasteiger charge is -2.52. The molecule has 2 aliphatic heterocycles. The van der Waals surface area contributed by atoms with E-state index >= 15 is 0 Å². The van der Waals surface area contributed by atoms with Gasteiger partial charge in [-0.25, -0.2) is 4.79 Å². The molecular formula is C29H53N3O13. The van der Waals surface area contributed by atoms with Crippen molar-refractivity contribution in [2.24, 2.45) is 23.5 Å². The van der Waals surface area contributed by atoms with E-state index in [1.165, 1.54) is 0 Å². The van der Waals surface area contributed by atoms with Crippen molar-refractivity contribution in [3.63, 3.8) is 0 Å². The second kappa shape index (κ2) is 15.5. The fraction of sp³-hybridized carbons (Fsp3) is 0.931. The van der Waals surface area contributed by atoms with Crippen LogP contribution in [0.1, 0.15) is 54.4 Å². The van der Waals surface area contributed by atoms with Gasteiger partial charge in [0.2, 0.25) is 0 Å². The number of alkyl carbamates (subject to hydrolysis) is 1. The van der Waals surface area contributed by atoms with E-state index in [-0.39, 0.29) is 12.3 Å². The first-order valence-corrected chi connectivity index (χ1v) is 15.6. The molecule has 2 saturated heterocycles. The summed E-state index contributed by atoms with van der Waals surface area (Å²) in [7, 11) is 0. The Hall–Kier alpha value is -1.70.